The first kappa shape index (κ1) is 22.0. The molecule has 0 bridgehead atoms. The van der Waals surface area contributed by atoms with Crippen LogP contribution in [0.5, 0.6) is 11.5 Å². The molecule has 0 saturated carbocycles. The van der Waals surface area contributed by atoms with Gasteiger partial charge in [0.25, 0.3) is 5.91 Å². The first-order valence-electron chi connectivity index (χ1n) is 8.02. The summed E-state index contributed by atoms with van der Waals surface area (Å²) < 4.78 is 12.1. The summed E-state index contributed by atoms with van der Waals surface area (Å²) in [6.07, 6.45) is 7.00. The van der Waals surface area contributed by atoms with Crippen LogP contribution in [0.2, 0.25) is 10.0 Å². The van der Waals surface area contributed by atoms with E-state index >= 15 is 0 Å². The fraction of sp³-hybridized carbons (Fsp3) is 0.100. The van der Waals surface area contributed by atoms with Crippen LogP contribution in [-0.2, 0) is 4.79 Å². The summed E-state index contributed by atoms with van der Waals surface area (Å²) >= 11 is 22.2. The van der Waals surface area contributed by atoms with Gasteiger partial charge < -0.3 is 9.47 Å². The molecule has 0 unspecified atom stereocenters. The lowest BCUT2D eigenvalue weighted by molar-refractivity contribution is -0.113. The second-order valence-corrected chi connectivity index (χ2v) is 9.07. The third-order valence-corrected chi connectivity index (χ3v) is 6.10. The van der Waals surface area contributed by atoms with Gasteiger partial charge in [0.1, 0.15) is 6.61 Å². The number of terminal acetylenes is 1. The monoisotopic (exact) mass is 527 g/mol. The first-order valence-corrected chi connectivity index (χ1v) is 10.8. The molecule has 2 aromatic rings. The van der Waals surface area contributed by atoms with Crippen molar-refractivity contribution >= 4 is 85.1 Å². The van der Waals surface area contributed by atoms with Gasteiger partial charge in [0.15, 0.2) is 15.8 Å². The number of carbonyl (C=O) groups excluding carboxylic acids is 1. The van der Waals surface area contributed by atoms with E-state index in [1.807, 2.05) is 0 Å². The summed E-state index contributed by atoms with van der Waals surface area (Å²) in [4.78, 5) is 14.8. The van der Waals surface area contributed by atoms with Gasteiger partial charge >= 0.3 is 0 Å². The number of thioether (sulfide) groups is 1. The van der Waals surface area contributed by atoms with Gasteiger partial charge in [-0.2, -0.15) is 0 Å². The molecule has 1 amide bonds. The van der Waals surface area contributed by atoms with Gasteiger partial charge in [0.05, 0.1) is 22.7 Å². The second-order valence-electron chi connectivity index (χ2n) is 5.63. The van der Waals surface area contributed by atoms with Gasteiger partial charge in [-0.25, -0.2) is 0 Å². The van der Waals surface area contributed by atoms with E-state index in [1.54, 1.807) is 36.4 Å². The lowest BCUT2D eigenvalue weighted by Gasteiger charge is -2.16. The highest BCUT2D eigenvalue weighted by atomic mass is 79.9. The molecule has 1 saturated heterocycles. The number of anilines is 1. The molecule has 9 heteroatoms. The molecule has 1 heterocycles. The third kappa shape index (κ3) is 4.73. The van der Waals surface area contributed by atoms with Crippen molar-refractivity contribution in [3.8, 4) is 23.8 Å². The van der Waals surface area contributed by atoms with Crippen molar-refractivity contribution in [2.45, 2.75) is 0 Å². The largest absolute Gasteiger partial charge is 0.493 e. The lowest BCUT2D eigenvalue weighted by atomic mass is 10.1. The Labute approximate surface area is 196 Å². The third-order valence-electron chi connectivity index (χ3n) is 3.80. The number of hydrogen-bond acceptors (Lipinski definition) is 5. The number of nitrogens with zero attached hydrogens (tertiary/aromatic N) is 1. The molecule has 0 aliphatic carbocycles. The van der Waals surface area contributed by atoms with Gasteiger partial charge in [-0.3, -0.25) is 9.69 Å². The molecular weight excluding hydrogens is 517 g/mol. The van der Waals surface area contributed by atoms with Gasteiger partial charge in [-0.05, 0) is 36.4 Å². The Hall–Kier alpha value is -1.69. The Morgan fingerprint density at radius 2 is 2.10 bits per heavy atom. The molecule has 3 rings (SSSR count). The highest BCUT2D eigenvalue weighted by Gasteiger charge is 2.34. The fourth-order valence-electron chi connectivity index (χ4n) is 2.60. The van der Waals surface area contributed by atoms with E-state index in [4.69, 9.17) is 51.3 Å². The highest BCUT2D eigenvalue weighted by molar-refractivity contribution is 9.10. The number of benzene rings is 2. The number of amides is 1. The molecule has 4 nitrogen and oxygen atoms in total. The Balaban J connectivity index is 2.04. The molecule has 1 fully saturated rings. The van der Waals surface area contributed by atoms with E-state index in [0.29, 0.717) is 42.0 Å². The number of rotatable bonds is 5. The molecule has 1 aliphatic heterocycles. The van der Waals surface area contributed by atoms with Gasteiger partial charge in [-0.15, -0.1) is 6.42 Å². The van der Waals surface area contributed by atoms with Crippen LogP contribution in [0.3, 0.4) is 0 Å². The van der Waals surface area contributed by atoms with E-state index in [2.05, 4.69) is 21.9 Å². The van der Waals surface area contributed by atoms with E-state index < -0.39 is 0 Å². The molecule has 0 spiro atoms. The summed E-state index contributed by atoms with van der Waals surface area (Å²) in [5.41, 5.74) is 1.09. The minimum absolute atomic E-state index is 0.0557. The van der Waals surface area contributed by atoms with Crippen molar-refractivity contribution in [2.24, 2.45) is 0 Å². The molecular formula is C20H12BrCl2NO3S2. The molecule has 2 aromatic carbocycles. The van der Waals surface area contributed by atoms with Crippen molar-refractivity contribution in [2.75, 3.05) is 18.6 Å². The summed E-state index contributed by atoms with van der Waals surface area (Å²) in [5.74, 6) is 3.04. The summed E-state index contributed by atoms with van der Waals surface area (Å²) in [7, 11) is 1.52. The normalized spacial score (nSPS) is 15.0. The quantitative estimate of drug-likeness (QED) is 0.263. The topological polar surface area (TPSA) is 38.8 Å². The zero-order valence-electron chi connectivity index (χ0n) is 14.9. The van der Waals surface area contributed by atoms with Crippen LogP contribution in [0.25, 0.3) is 6.08 Å². The standard InChI is InChI=1S/C20H12BrCl2NO3S2/c1-3-6-27-18-11(7-12(21)9-16(18)26-2)8-17-19(25)24(20(28)29-17)15-5-4-13(22)10-14(15)23/h1,4-5,7-10H,6H2,2H3/b17-8-. The molecule has 0 N–H and O–H groups in total. The smallest absolute Gasteiger partial charge is 0.270 e. The van der Waals surface area contributed by atoms with Crippen LogP contribution in [0.15, 0.2) is 39.7 Å². The number of thiocarbonyl (C=S) groups is 1. The minimum atomic E-state index is -0.300. The predicted octanol–water partition coefficient (Wildman–Crippen LogP) is 6.18. The Bertz CT molecular complexity index is 1080. The highest BCUT2D eigenvalue weighted by Crippen LogP contribution is 2.42. The van der Waals surface area contributed by atoms with Crippen molar-refractivity contribution in [3.05, 3.63) is 55.3 Å². The van der Waals surface area contributed by atoms with Gasteiger partial charge in [0.2, 0.25) is 0 Å². The summed E-state index contributed by atoms with van der Waals surface area (Å²) in [6, 6.07) is 8.42. The fourth-order valence-corrected chi connectivity index (χ4v) is 4.82. The molecule has 148 valence electrons. The Kier molecular flexibility index (Phi) is 7.14. The van der Waals surface area contributed by atoms with Crippen LogP contribution >= 0.6 is 63.1 Å². The maximum absolute atomic E-state index is 13.1. The van der Waals surface area contributed by atoms with Crippen LogP contribution in [0.1, 0.15) is 5.56 Å². The van der Waals surface area contributed by atoms with Crippen LogP contribution < -0.4 is 14.4 Å². The number of hydrogen-bond donors (Lipinski definition) is 0. The molecule has 0 atom stereocenters. The number of ether oxygens (including phenoxy) is 2. The molecule has 0 aromatic heterocycles. The van der Waals surface area contributed by atoms with Crippen molar-refractivity contribution in [1.82, 2.24) is 0 Å². The predicted molar refractivity (Wildman–Crippen MR) is 127 cm³/mol. The van der Waals surface area contributed by atoms with E-state index in [9.17, 15) is 4.79 Å². The average Bonchev–Trinajstić information content (AvgIpc) is 2.94. The minimum Gasteiger partial charge on any atom is -0.493 e. The number of methoxy groups -OCH3 is 1. The van der Waals surface area contributed by atoms with E-state index in [0.717, 1.165) is 16.2 Å². The Morgan fingerprint density at radius 3 is 2.76 bits per heavy atom. The zero-order valence-corrected chi connectivity index (χ0v) is 19.6. The van der Waals surface area contributed by atoms with Crippen LogP contribution in [0.4, 0.5) is 5.69 Å². The molecule has 29 heavy (non-hydrogen) atoms. The molecule has 0 radical (unpaired) electrons. The van der Waals surface area contributed by atoms with Gasteiger partial charge in [0, 0.05) is 15.1 Å². The SMILES string of the molecule is C#CCOc1c(/C=C2\SC(=S)N(c3ccc(Cl)cc3Cl)C2=O)cc(Br)cc1OC. The Morgan fingerprint density at radius 1 is 1.34 bits per heavy atom. The maximum Gasteiger partial charge on any atom is 0.270 e. The number of carbonyl (C=O) groups is 1. The van der Waals surface area contributed by atoms with Crippen molar-refractivity contribution < 1.29 is 14.3 Å². The van der Waals surface area contributed by atoms with Crippen molar-refractivity contribution in [1.29, 1.82) is 0 Å². The zero-order chi connectivity index (χ0) is 21.1. The first-order chi connectivity index (χ1) is 13.8. The maximum atomic E-state index is 13.1. The van der Waals surface area contributed by atoms with Gasteiger partial charge in [-0.1, -0.05) is 69.0 Å². The van der Waals surface area contributed by atoms with E-state index in [-0.39, 0.29) is 12.5 Å². The van der Waals surface area contributed by atoms with Crippen molar-refractivity contribution in [3.63, 3.8) is 0 Å². The average molecular weight is 529 g/mol. The number of halogens is 3. The lowest BCUT2D eigenvalue weighted by Crippen LogP contribution is -2.27. The summed E-state index contributed by atoms with van der Waals surface area (Å²) in [6.45, 7) is 0.0557. The molecule has 1 aliphatic rings. The van der Waals surface area contributed by atoms with Crippen LogP contribution in [0, 0.1) is 12.3 Å². The van der Waals surface area contributed by atoms with Crippen LogP contribution in [-0.4, -0.2) is 23.9 Å². The second kappa shape index (κ2) is 9.41. The summed E-state index contributed by atoms with van der Waals surface area (Å²) in [5, 5.41) is 0.800. The van der Waals surface area contributed by atoms with E-state index in [1.165, 1.54) is 12.0 Å².